The summed E-state index contributed by atoms with van der Waals surface area (Å²) < 4.78 is 7.56. The highest BCUT2D eigenvalue weighted by Crippen LogP contribution is 2.35. The highest BCUT2D eigenvalue weighted by Gasteiger charge is 2.31. The van der Waals surface area contributed by atoms with E-state index >= 15 is 0 Å². The second-order valence-electron chi connectivity index (χ2n) is 12.4. The molecule has 0 bridgehead atoms. The number of nitrogen functional groups attached to an aromatic ring is 1. The Balaban J connectivity index is 1.26. The third-order valence-corrected chi connectivity index (χ3v) is 9.06. The van der Waals surface area contributed by atoms with Gasteiger partial charge >= 0.3 is 6.09 Å². The number of rotatable bonds is 7. The van der Waals surface area contributed by atoms with Crippen LogP contribution in [-0.2, 0) is 11.3 Å². The number of carbonyl (C=O) groups is 2. The van der Waals surface area contributed by atoms with Crippen molar-refractivity contribution in [3.8, 4) is 10.7 Å². The summed E-state index contributed by atoms with van der Waals surface area (Å²) in [4.78, 5) is 25.7. The van der Waals surface area contributed by atoms with Crippen LogP contribution in [0.5, 0.6) is 0 Å². The van der Waals surface area contributed by atoms with Crippen molar-refractivity contribution >= 4 is 50.7 Å². The number of benzene rings is 3. The van der Waals surface area contributed by atoms with Crippen LogP contribution in [0.25, 0.3) is 32.4 Å². The third kappa shape index (κ3) is 6.21. The normalized spacial score (nSPS) is 17.1. The van der Waals surface area contributed by atoms with Crippen LogP contribution in [0.2, 0.25) is 0 Å². The van der Waals surface area contributed by atoms with Gasteiger partial charge in [-0.25, -0.2) is 4.79 Å². The van der Waals surface area contributed by atoms with Crippen molar-refractivity contribution in [2.75, 3.05) is 0 Å². The Bertz CT molecular complexity index is 1870. The fourth-order valence-electron chi connectivity index (χ4n) is 5.95. The molecule has 3 aromatic carbocycles. The van der Waals surface area contributed by atoms with Gasteiger partial charge in [0.25, 0.3) is 0 Å². The molecule has 10 heteroatoms. The molecule has 226 valence electrons. The van der Waals surface area contributed by atoms with Crippen molar-refractivity contribution in [2.24, 2.45) is 11.7 Å². The molecule has 4 N–H and O–H groups in total. The van der Waals surface area contributed by atoms with Crippen LogP contribution in [0, 0.1) is 11.3 Å². The van der Waals surface area contributed by atoms with Gasteiger partial charge in [0.1, 0.15) is 11.4 Å². The molecule has 0 atom stereocenters. The van der Waals surface area contributed by atoms with Crippen LogP contribution in [0.15, 0.2) is 66.7 Å². The molecule has 0 aliphatic heterocycles. The molecule has 0 saturated heterocycles. The Kier molecular flexibility index (Phi) is 7.94. The highest BCUT2D eigenvalue weighted by atomic mass is 32.1. The average Bonchev–Trinajstić information content (AvgIpc) is 3.61. The lowest BCUT2D eigenvalue weighted by atomic mass is 9.83. The summed E-state index contributed by atoms with van der Waals surface area (Å²) in [7, 11) is 0. The number of alkyl carbamates (subject to hydrolysis) is 1. The van der Waals surface area contributed by atoms with Crippen molar-refractivity contribution in [1.29, 1.82) is 5.41 Å². The minimum Gasteiger partial charge on any atom is -0.444 e. The molecule has 9 nitrogen and oxygen atoms in total. The van der Waals surface area contributed by atoms with E-state index in [2.05, 4.69) is 56.5 Å². The van der Waals surface area contributed by atoms with E-state index in [1.54, 1.807) is 0 Å². The molecule has 5 aromatic rings. The molecular formula is C34H36N6O3S. The molecule has 0 unspecified atom stereocenters. The third-order valence-electron chi connectivity index (χ3n) is 8.10. The Morgan fingerprint density at radius 1 is 1.00 bits per heavy atom. The van der Waals surface area contributed by atoms with Gasteiger partial charge in [-0.2, -0.15) is 0 Å². The Hall–Kier alpha value is -4.57. The van der Waals surface area contributed by atoms with Crippen molar-refractivity contribution in [3.63, 3.8) is 0 Å². The first-order valence-corrected chi connectivity index (χ1v) is 15.7. The summed E-state index contributed by atoms with van der Waals surface area (Å²) in [6.07, 6.45) is 2.33. The van der Waals surface area contributed by atoms with Crippen LogP contribution in [0.1, 0.15) is 67.4 Å². The van der Waals surface area contributed by atoms with E-state index in [4.69, 9.17) is 15.9 Å². The van der Waals surface area contributed by atoms with E-state index in [0.717, 1.165) is 32.9 Å². The molecule has 0 radical (unpaired) electrons. The standard InChI is InChI=1S/C34H36N6O3S/c1-34(2,3)43-33(42)37-25-15-13-21(14-16-25)29(41)32-39-38-31(44-32)28-17-22-11-12-23(30(35)36)18-27(22)40(28)19-24-9-6-8-20-7-4-5-10-26(20)24/h4-12,17-18,21,25H,13-16,19H2,1-3H3,(H3,35,36)(H,37,42). The van der Waals surface area contributed by atoms with Gasteiger partial charge in [0.05, 0.1) is 5.69 Å². The average molecular weight is 609 g/mol. The van der Waals surface area contributed by atoms with Crippen LogP contribution in [-0.4, -0.2) is 44.1 Å². The first-order chi connectivity index (χ1) is 21.1. The lowest BCUT2D eigenvalue weighted by molar-refractivity contribution is 0.0487. The van der Waals surface area contributed by atoms with E-state index in [-0.39, 0.29) is 23.6 Å². The fraction of sp³-hybridized carbons (Fsp3) is 0.324. The number of hydrogen-bond donors (Lipinski definition) is 3. The maximum atomic E-state index is 13.5. The van der Waals surface area contributed by atoms with Gasteiger partial charge in [-0.3, -0.25) is 10.2 Å². The summed E-state index contributed by atoms with van der Waals surface area (Å²) in [5.41, 5.74) is 8.88. The number of Topliss-reactive ketones (excluding diaryl/α,β-unsaturated/α-hetero) is 1. The van der Waals surface area contributed by atoms with Gasteiger partial charge < -0.3 is 20.4 Å². The topological polar surface area (TPSA) is 136 Å². The van der Waals surface area contributed by atoms with E-state index in [0.29, 0.717) is 47.8 Å². The first kappa shape index (κ1) is 29.5. The number of amides is 1. The first-order valence-electron chi connectivity index (χ1n) is 14.9. The minimum atomic E-state index is -0.552. The summed E-state index contributed by atoms with van der Waals surface area (Å²) in [6, 6.07) is 22.4. The van der Waals surface area contributed by atoms with E-state index in [9.17, 15) is 9.59 Å². The largest absolute Gasteiger partial charge is 0.444 e. The molecule has 1 fully saturated rings. The summed E-state index contributed by atoms with van der Waals surface area (Å²) in [5.74, 6) is -0.154. The van der Waals surface area contributed by atoms with E-state index in [1.807, 2.05) is 51.1 Å². The predicted molar refractivity (Wildman–Crippen MR) is 174 cm³/mol. The van der Waals surface area contributed by atoms with Crippen molar-refractivity contribution in [1.82, 2.24) is 20.1 Å². The fourth-order valence-corrected chi connectivity index (χ4v) is 6.83. The molecule has 44 heavy (non-hydrogen) atoms. The summed E-state index contributed by atoms with van der Waals surface area (Å²) >= 11 is 1.31. The van der Waals surface area contributed by atoms with Gasteiger partial charge in [0.15, 0.2) is 15.8 Å². The van der Waals surface area contributed by atoms with Crippen molar-refractivity contribution < 1.29 is 14.3 Å². The number of amidine groups is 1. The zero-order valence-corrected chi connectivity index (χ0v) is 25.9. The van der Waals surface area contributed by atoms with E-state index < -0.39 is 11.7 Å². The number of nitrogens with one attached hydrogen (secondary N) is 2. The molecule has 0 spiro atoms. The predicted octanol–water partition coefficient (Wildman–Crippen LogP) is 6.91. The van der Waals surface area contributed by atoms with Gasteiger partial charge in [-0.15, -0.1) is 10.2 Å². The van der Waals surface area contributed by atoms with Crippen LogP contribution >= 0.6 is 11.3 Å². The van der Waals surface area contributed by atoms with Crippen LogP contribution in [0.3, 0.4) is 0 Å². The number of aromatic nitrogens is 3. The number of ether oxygens (including phenoxy) is 1. The maximum absolute atomic E-state index is 13.5. The Labute approximate surface area is 259 Å². The number of fused-ring (bicyclic) bond motifs is 2. The molecule has 2 heterocycles. The summed E-state index contributed by atoms with van der Waals surface area (Å²) in [5, 5.41) is 24.1. The van der Waals surface area contributed by atoms with Crippen molar-refractivity contribution in [3.05, 3.63) is 82.9 Å². The summed E-state index contributed by atoms with van der Waals surface area (Å²) in [6.45, 7) is 6.08. The Morgan fingerprint density at radius 3 is 2.50 bits per heavy atom. The highest BCUT2D eigenvalue weighted by molar-refractivity contribution is 7.16. The number of carbonyl (C=O) groups excluding carboxylic acids is 2. The molecule has 1 amide bonds. The van der Waals surface area contributed by atoms with Crippen molar-refractivity contribution in [2.45, 2.75) is 64.6 Å². The van der Waals surface area contributed by atoms with Crippen LogP contribution in [0.4, 0.5) is 4.79 Å². The lowest BCUT2D eigenvalue weighted by Gasteiger charge is -2.29. The monoisotopic (exact) mass is 608 g/mol. The smallest absolute Gasteiger partial charge is 0.407 e. The number of hydrogen-bond acceptors (Lipinski definition) is 7. The quantitative estimate of drug-likeness (QED) is 0.104. The second-order valence-corrected chi connectivity index (χ2v) is 13.4. The lowest BCUT2D eigenvalue weighted by Crippen LogP contribution is -2.41. The molecule has 6 rings (SSSR count). The number of nitrogens with two attached hydrogens (primary N) is 1. The van der Waals surface area contributed by atoms with Crippen LogP contribution < -0.4 is 11.1 Å². The van der Waals surface area contributed by atoms with E-state index in [1.165, 1.54) is 11.3 Å². The van der Waals surface area contributed by atoms with Gasteiger partial charge in [-0.1, -0.05) is 65.9 Å². The van der Waals surface area contributed by atoms with Gasteiger partial charge in [0, 0.05) is 35.0 Å². The zero-order valence-electron chi connectivity index (χ0n) is 25.1. The number of nitrogens with zero attached hydrogens (tertiary/aromatic N) is 3. The van der Waals surface area contributed by atoms with Gasteiger partial charge in [-0.05, 0) is 74.9 Å². The molecule has 2 aromatic heterocycles. The maximum Gasteiger partial charge on any atom is 0.407 e. The SMILES string of the molecule is CC(C)(C)OC(=O)NC1CCC(C(=O)c2nnc(-c3cc4ccc(C(=N)N)cc4n3Cc3cccc4ccccc34)s2)CC1. The Morgan fingerprint density at radius 2 is 1.75 bits per heavy atom. The minimum absolute atomic E-state index is 0.0000449. The van der Waals surface area contributed by atoms with Gasteiger partial charge in [0.2, 0.25) is 0 Å². The second kappa shape index (κ2) is 11.8. The number of ketones is 1. The molecular weight excluding hydrogens is 572 g/mol. The molecule has 1 aliphatic carbocycles. The molecule has 1 saturated carbocycles. The zero-order chi connectivity index (χ0) is 31.0. The molecule has 1 aliphatic rings.